The Morgan fingerprint density at radius 2 is 2.03 bits per heavy atom. The molecule has 2 heterocycles. The van der Waals surface area contributed by atoms with Gasteiger partial charge in [0.15, 0.2) is 5.78 Å². The molecular formula is C30H36ClN3O5. The fourth-order valence-electron chi connectivity index (χ4n) is 7.51. The minimum Gasteiger partial charge on any atom is -0.496 e. The lowest BCUT2D eigenvalue weighted by atomic mass is 9.91. The Morgan fingerprint density at radius 3 is 2.72 bits per heavy atom. The van der Waals surface area contributed by atoms with E-state index in [1.165, 1.54) is 0 Å². The van der Waals surface area contributed by atoms with Gasteiger partial charge in [0.2, 0.25) is 5.91 Å². The van der Waals surface area contributed by atoms with Crippen molar-refractivity contribution in [1.82, 2.24) is 15.2 Å². The maximum Gasteiger partial charge on any atom is 0.271 e. The topological polar surface area (TPSA) is 109 Å². The van der Waals surface area contributed by atoms with E-state index in [-0.39, 0.29) is 53.0 Å². The zero-order chi connectivity index (χ0) is 27.5. The third-order valence-electron chi connectivity index (χ3n) is 9.75. The molecule has 1 aliphatic heterocycles. The number of aromatic nitrogens is 1. The maximum atomic E-state index is 13.9. The largest absolute Gasteiger partial charge is 0.496 e. The highest BCUT2D eigenvalue weighted by Crippen LogP contribution is 2.59. The second-order valence-electron chi connectivity index (χ2n) is 12.2. The predicted octanol–water partition coefficient (Wildman–Crippen LogP) is 4.68. The Kier molecular flexibility index (Phi) is 6.72. The van der Waals surface area contributed by atoms with E-state index in [1.807, 2.05) is 0 Å². The van der Waals surface area contributed by atoms with Crippen molar-refractivity contribution < 1.29 is 23.9 Å². The lowest BCUT2D eigenvalue weighted by Gasteiger charge is -2.29. The highest BCUT2D eigenvalue weighted by Gasteiger charge is 2.53. The van der Waals surface area contributed by atoms with E-state index in [9.17, 15) is 19.2 Å². The van der Waals surface area contributed by atoms with Gasteiger partial charge in [0.05, 0.1) is 18.7 Å². The van der Waals surface area contributed by atoms with E-state index in [0.717, 1.165) is 43.9 Å². The van der Waals surface area contributed by atoms with Crippen LogP contribution in [0.2, 0.25) is 5.02 Å². The number of carbonyl (C=O) groups excluding carboxylic acids is 4. The smallest absolute Gasteiger partial charge is 0.271 e. The van der Waals surface area contributed by atoms with Crippen LogP contribution in [0.15, 0.2) is 18.2 Å². The molecule has 2 N–H and O–H groups in total. The van der Waals surface area contributed by atoms with Crippen LogP contribution in [0.3, 0.4) is 0 Å². The molecule has 208 valence electrons. The van der Waals surface area contributed by atoms with Crippen LogP contribution < -0.4 is 10.1 Å². The van der Waals surface area contributed by atoms with Gasteiger partial charge in [0, 0.05) is 35.7 Å². The highest BCUT2D eigenvalue weighted by molar-refractivity contribution is 6.31. The van der Waals surface area contributed by atoms with Crippen molar-refractivity contribution in [3.05, 3.63) is 28.9 Å². The number of aromatic amines is 1. The first-order valence-corrected chi connectivity index (χ1v) is 14.6. The highest BCUT2D eigenvalue weighted by atomic mass is 35.5. The summed E-state index contributed by atoms with van der Waals surface area (Å²) in [6.45, 7) is 2.29. The molecule has 0 bridgehead atoms. The van der Waals surface area contributed by atoms with Crippen LogP contribution in [0, 0.1) is 23.2 Å². The quantitative estimate of drug-likeness (QED) is 0.493. The molecule has 3 saturated carbocycles. The predicted molar refractivity (Wildman–Crippen MR) is 147 cm³/mol. The number of methoxy groups -OCH3 is 1. The second kappa shape index (κ2) is 9.95. The minimum absolute atomic E-state index is 0.0579. The lowest BCUT2D eigenvalue weighted by molar-refractivity contribution is -0.131. The summed E-state index contributed by atoms with van der Waals surface area (Å²) in [5.41, 5.74) is 1.21. The molecule has 1 spiro atoms. The Balaban J connectivity index is 1.24. The number of fused-ring (bicyclic) bond motifs is 2. The molecule has 6 rings (SSSR count). The van der Waals surface area contributed by atoms with Gasteiger partial charge in [-0.15, -0.1) is 0 Å². The molecule has 3 aliphatic carbocycles. The number of ketones is 2. The standard InChI is InChI=1S/C30H36ClN3O5/c1-3-24(35)22(9-17-13-30(7-8-30)14-25(17)36)33-28(37)27-19-6-4-5-16(19)15-34(27)29(38)23-12-20-21(32-23)10-18(31)11-26(20)39-2/h10-12,16-17,19,22,27,32H,3-9,13-15H2,1-2H3,(H,33,37). The Bertz CT molecular complexity index is 1350. The van der Waals surface area contributed by atoms with Crippen LogP contribution in [0.5, 0.6) is 5.75 Å². The van der Waals surface area contributed by atoms with Crippen molar-refractivity contribution in [3.63, 3.8) is 0 Å². The monoisotopic (exact) mass is 553 g/mol. The van der Waals surface area contributed by atoms with Crippen LogP contribution in [0.4, 0.5) is 0 Å². The number of nitrogens with one attached hydrogen (secondary N) is 2. The SMILES string of the molecule is CCC(=O)C(CC1CC2(CC2)CC1=O)NC(=O)C1C2CCCC2CN1C(=O)c1cc2c(OC)cc(Cl)cc2[nH]1. The number of halogens is 1. The van der Waals surface area contributed by atoms with Crippen molar-refractivity contribution in [1.29, 1.82) is 0 Å². The van der Waals surface area contributed by atoms with E-state index in [2.05, 4.69) is 10.3 Å². The zero-order valence-electron chi connectivity index (χ0n) is 22.6. The van der Waals surface area contributed by atoms with Crippen LogP contribution in [0.1, 0.15) is 75.2 Å². The molecule has 0 radical (unpaired) electrons. The molecule has 1 saturated heterocycles. The van der Waals surface area contributed by atoms with Crippen molar-refractivity contribution in [2.24, 2.45) is 23.2 Å². The van der Waals surface area contributed by atoms with Crippen LogP contribution in [0.25, 0.3) is 10.9 Å². The molecule has 9 heteroatoms. The first-order chi connectivity index (χ1) is 18.7. The first kappa shape index (κ1) is 26.4. The summed E-state index contributed by atoms with van der Waals surface area (Å²) >= 11 is 6.23. The van der Waals surface area contributed by atoms with E-state index in [4.69, 9.17) is 16.3 Å². The average Bonchev–Trinajstić information content (AvgIpc) is 3.28. The van der Waals surface area contributed by atoms with Gasteiger partial charge in [0.1, 0.15) is 23.3 Å². The number of Topliss-reactive ketones (excluding diaryl/α,β-unsaturated/α-hetero) is 2. The number of H-pyrrole nitrogens is 1. The molecular weight excluding hydrogens is 518 g/mol. The number of benzene rings is 1. The molecule has 5 unspecified atom stereocenters. The Morgan fingerprint density at radius 1 is 1.23 bits per heavy atom. The van der Waals surface area contributed by atoms with Crippen LogP contribution in [-0.4, -0.2) is 59.0 Å². The Labute approximate surface area is 233 Å². The van der Waals surface area contributed by atoms with Gasteiger partial charge in [-0.3, -0.25) is 19.2 Å². The molecule has 4 fully saturated rings. The van der Waals surface area contributed by atoms with Gasteiger partial charge in [-0.2, -0.15) is 0 Å². The van der Waals surface area contributed by atoms with Gasteiger partial charge in [-0.1, -0.05) is 24.9 Å². The number of nitrogens with zero attached hydrogens (tertiary/aromatic N) is 1. The summed E-state index contributed by atoms with van der Waals surface area (Å²) in [6, 6.07) is 3.84. The molecule has 2 amide bonds. The fourth-order valence-corrected chi connectivity index (χ4v) is 7.72. The van der Waals surface area contributed by atoms with Gasteiger partial charge in [-0.05, 0) is 74.0 Å². The summed E-state index contributed by atoms with van der Waals surface area (Å²) < 4.78 is 5.45. The van der Waals surface area contributed by atoms with Crippen molar-refractivity contribution in [3.8, 4) is 5.75 Å². The molecule has 2 aromatic rings. The van der Waals surface area contributed by atoms with Gasteiger partial charge >= 0.3 is 0 Å². The number of amides is 2. The van der Waals surface area contributed by atoms with Crippen LogP contribution in [-0.2, 0) is 14.4 Å². The average molecular weight is 554 g/mol. The molecule has 4 aliphatic rings. The summed E-state index contributed by atoms with van der Waals surface area (Å²) in [6.07, 6.45) is 7.12. The van der Waals surface area contributed by atoms with E-state index >= 15 is 0 Å². The summed E-state index contributed by atoms with van der Waals surface area (Å²) in [5.74, 6) is 0.321. The van der Waals surface area contributed by atoms with E-state index < -0.39 is 12.1 Å². The number of likely N-dealkylation sites (tertiary alicyclic amines) is 1. The number of hydrogen-bond acceptors (Lipinski definition) is 5. The normalized spacial score (nSPS) is 27.7. The molecule has 5 atom stereocenters. The van der Waals surface area contributed by atoms with Crippen molar-refractivity contribution >= 4 is 45.9 Å². The minimum atomic E-state index is -0.706. The number of rotatable bonds is 8. The lowest BCUT2D eigenvalue weighted by Crippen LogP contribution is -2.53. The fraction of sp³-hybridized carbons (Fsp3) is 0.600. The molecule has 1 aromatic carbocycles. The zero-order valence-corrected chi connectivity index (χ0v) is 23.3. The van der Waals surface area contributed by atoms with Gasteiger partial charge in [0.25, 0.3) is 5.91 Å². The number of carbonyl (C=O) groups is 4. The number of ether oxygens (including phenoxy) is 1. The molecule has 8 nitrogen and oxygen atoms in total. The van der Waals surface area contributed by atoms with E-state index in [0.29, 0.717) is 41.4 Å². The Hall–Kier alpha value is -2.87. The molecule has 39 heavy (non-hydrogen) atoms. The van der Waals surface area contributed by atoms with E-state index in [1.54, 1.807) is 37.1 Å². The summed E-state index contributed by atoms with van der Waals surface area (Å²) in [7, 11) is 1.55. The number of hydrogen-bond donors (Lipinski definition) is 2. The molecule has 1 aromatic heterocycles. The van der Waals surface area contributed by atoms with Gasteiger partial charge < -0.3 is 19.9 Å². The third-order valence-corrected chi connectivity index (χ3v) is 9.97. The van der Waals surface area contributed by atoms with Crippen molar-refractivity contribution in [2.75, 3.05) is 13.7 Å². The first-order valence-electron chi connectivity index (χ1n) is 14.2. The summed E-state index contributed by atoms with van der Waals surface area (Å²) in [4.78, 5) is 58.2. The third kappa shape index (κ3) is 4.75. The maximum absolute atomic E-state index is 13.9. The van der Waals surface area contributed by atoms with Gasteiger partial charge in [-0.25, -0.2) is 0 Å². The van der Waals surface area contributed by atoms with Crippen LogP contribution >= 0.6 is 11.6 Å². The second-order valence-corrected chi connectivity index (χ2v) is 12.6. The van der Waals surface area contributed by atoms with Crippen molar-refractivity contribution in [2.45, 2.75) is 76.8 Å². The summed E-state index contributed by atoms with van der Waals surface area (Å²) in [5, 5.41) is 4.26.